The Hall–Kier alpha value is -2.44. The third kappa shape index (κ3) is 4.01. The van der Waals surface area contributed by atoms with Crippen LogP contribution in [0.2, 0.25) is 0 Å². The van der Waals surface area contributed by atoms with Crippen LogP contribution in [0.15, 0.2) is 18.6 Å². The summed E-state index contributed by atoms with van der Waals surface area (Å²) >= 11 is 0. The number of pyridine rings is 1. The number of anilines is 1. The molecule has 2 aromatic rings. The van der Waals surface area contributed by atoms with E-state index in [9.17, 15) is 4.79 Å². The van der Waals surface area contributed by atoms with Gasteiger partial charge in [-0.2, -0.15) is 5.10 Å². The number of aromatic nitrogens is 4. The van der Waals surface area contributed by atoms with Gasteiger partial charge >= 0.3 is 0 Å². The van der Waals surface area contributed by atoms with Crippen LogP contribution in [0.1, 0.15) is 35.2 Å². The lowest BCUT2D eigenvalue weighted by molar-refractivity contribution is 0.0950. The van der Waals surface area contributed by atoms with E-state index in [2.05, 4.69) is 32.6 Å². The first kappa shape index (κ1) is 15.0. The van der Waals surface area contributed by atoms with E-state index < -0.39 is 0 Å². The maximum atomic E-state index is 12.3. The SMILES string of the molecule is CCCNc1cc(C)ncc1C(=O)NCc1ncn(C)n1. The number of rotatable bonds is 6. The lowest BCUT2D eigenvalue weighted by Gasteiger charge is -2.11. The zero-order valence-corrected chi connectivity index (χ0v) is 12.6. The number of hydrogen-bond donors (Lipinski definition) is 2. The summed E-state index contributed by atoms with van der Waals surface area (Å²) in [6, 6.07) is 1.88. The predicted molar refractivity (Wildman–Crippen MR) is 79.9 cm³/mol. The molecular formula is C14H20N6O. The van der Waals surface area contributed by atoms with E-state index in [1.807, 2.05) is 13.0 Å². The van der Waals surface area contributed by atoms with Gasteiger partial charge in [0.1, 0.15) is 6.33 Å². The van der Waals surface area contributed by atoms with Crippen LogP contribution in [0.4, 0.5) is 5.69 Å². The summed E-state index contributed by atoms with van der Waals surface area (Å²) in [6.45, 7) is 5.08. The van der Waals surface area contributed by atoms with Gasteiger partial charge in [0.15, 0.2) is 5.82 Å². The average Bonchev–Trinajstić information content (AvgIpc) is 2.88. The van der Waals surface area contributed by atoms with Crippen molar-refractivity contribution in [2.75, 3.05) is 11.9 Å². The van der Waals surface area contributed by atoms with Crippen molar-refractivity contribution in [2.45, 2.75) is 26.8 Å². The molecular weight excluding hydrogens is 268 g/mol. The summed E-state index contributed by atoms with van der Waals surface area (Å²) in [7, 11) is 1.79. The van der Waals surface area contributed by atoms with Crippen molar-refractivity contribution in [1.82, 2.24) is 25.1 Å². The number of nitrogens with one attached hydrogen (secondary N) is 2. The van der Waals surface area contributed by atoms with Crippen LogP contribution in [0.25, 0.3) is 0 Å². The standard InChI is InChI=1S/C14H20N6O/c1-4-5-15-12-6-10(2)16-7-11(12)14(21)17-8-13-18-9-20(3)19-13/h6-7,9H,4-5,8H2,1-3H3,(H,15,16)(H,17,21). The van der Waals surface area contributed by atoms with Crippen LogP contribution in [0.5, 0.6) is 0 Å². The molecule has 1 amide bonds. The zero-order chi connectivity index (χ0) is 15.2. The molecule has 0 aliphatic rings. The highest BCUT2D eigenvalue weighted by atomic mass is 16.1. The highest BCUT2D eigenvalue weighted by Gasteiger charge is 2.12. The minimum absolute atomic E-state index is 0.187. The van der Waals surface area contributed by atoms with Crippen LogP contribution in [0, 0.1) is 6.92 Å². The first-order valence-electron chi connectivity index (χ1n) is 6.93. The maximum absolute atomic E-state index is 12.3. The van der Waals surface area contributed by atoms with Crippen LogP contribution in [-0.2, 0) is 13.6 Å². The summed E-state index contributed by atoms with van der Waals surface area (Å²) in [6.07, 6.45) is 4.18. The summed E-state index contributed by atoms with van der Waals surface area (Å²) in [5.74, 6) is 0.391. The third-order valence-electron chi connectivity index (χ3n) is 2.90. The van der Waals surface area contributed by atoms with Crippen molar-refractivity contribution in [3.05, 3.63) is 35.7 Å². The molecule has 7 nitrogen and oxygen atoms in total. The van der Waals surface area contributed by atoms with Gasteiger partial charge in [0, 0.05) is 25.5 Å². The zero-order valence-electron chi connectivity index (χ0n) is 12.6. The molecule has 21 heavy (non-hydrogen) atoms. The lowest BCUT2D eigenvalue weighted by Crippen LogP contribution is -2.25. The van der Waals surface area contributed by atoms with Crippen LogP contribution >= 0.6 is 0 Å². The first-order valence-corrected chi connectivity index (χ1v) is 6.93. The molecule has 0 aliphatic heterocycles. The minimum Gasteiger partial charge on any atom is -0.384 e. The van der Waals surface area contributed by atoms with E-state index in [1.165, 1.54) is 0 Å². The Morgan fingerprint density at radius 3 is 2.86 bits per heavy atom. The second-order valence-electron chi connectivity index (χ2n) is 4.82. The fraction of sp³-hybridized carbons (Fsp3) is 0.429. The number of hydrogen-bond acceptors (Lipinski definition) is 5. The Balaban J connectivity index is 2.07. The van der Waals surface area contributed by atoms with Crippen molar-refractivity contribution in [1.29, 1.82) is 0 Å². The number of amides is 1. The molecule has 0 saturated carbocycles. The van der Waals surface area contributed by atoms with Crippen LogP contribution in [0.3, 0.4) is 0 Å². The predicted octanol–water partition coefficient (Wildman–Crippen LogP) is 1.27. The van der Waals surface area contributed by atoms with Crippen molar-refractivity contribution >= 4 is 11.6 Å². The summed E-state index contributed by atoms with van der Waals surface area (Å²) < 4.78 is 1.60. The van der Waals surface area contributed by atoms with Gasteiger partial charge in [0.05, 0.1) is 17.8 Å². The molecule has 0 bridgehead atoms. The second kappa shape index (κ2) is 6.83. The highest BCUT2D eigenvalue weighted by Crippen LogP contribution is 2.15. The molecule has 0 atom stereocenters. The van der Waals surface area contributed by atoms with E-state index in [-0.39, 0.29) is 5.91 Å². The number of nitrogens with zero attached hydrogens (tertiary/aromatic N) is 4. The third-order valence-corrected chi connectivity index (χ3v) is 2.90. The lowest BCUT2D eigenvalue weighted by atomic mass is 10.2. The highest BCUT2D eigenvalue weighted by molar-refractivity contribution is 5.99. The fourth-order valence-electron chi connectivity index (χ4n) is 1.87. The van der Waals surface area contributed by atoms with E-state index in [1.54, 1.807) is 24.3 Å². The molecule has 0 radical (unpaired) electrons. The molecule has 0 unspecified atom stereocenters. The Labute approximate surface area is 123 Å². The van der Waals surface area contributed by atoms with Gasteiger partial charge < -0.3 is 10.6 Å². The van der Waals surface area contributed by atoms with E-state index >= 15 is 0 Å². The second-order valence-corrected chi connectivity index (χ2v) is 4.82. The van der Waals surface area contributed by atoms with Crippen molar-refractivity contribution in [2.24, 2.45) is 7.05 Å². The Morgan fingerprint density at radius 2 is 2.19 bits per heavy atom. The van der Waals surface area contributed by atoms with E-state index in [0.717, 1.165) is 24.3 Å². The van der Waals surface area contributed by atoms with Gasteiger partial charge in [-0.15, -0.1) is 0 Å². The van der Waals surface area contributed by atoms with Gasteiger partial charge in [-0.25, -0.2) is 4.98 Å². The number of carbonyl (C=O) groups excluding carboxylic acids is 1. The van der Waals surface area contributed by atoms with E-state index in [0.29, 0.717) is 17.9 Å². The molecule has 112 valence electrons. The smallest absolute Gasteiger partial charge is 0.255 e. The summed E-state index contributed by atoms with van der Waals surface area (Å²) in [4.78, 5) is 20.5. The number of carbonyl (C=O) groups is 1. The average molecular weight is 288 g/mol. The van der Waals surface area contributed by atoms with Crippen molar-refractivity contribution < 1.29 is 4.79 Å². The van der Waals surface area contributed by atoms with Gasteiger partial charge in [-0.05, 0) is 19.4 Å². The summed E-state index contributed by atoms with van der Waals surface area (Å²) in [5, 5.41) is 10.2. The molecule has 0 saturated heterocycles. The van der Waals surface area contributed by atoms with Crippen molar-refractivity contribution in [3.63, 3.8) is 0 Å². The van der Waals surface area contributed by atoms with Gasteiger partial charge in [-0.3, -0.25) is 14.5 Å². The Kier molecular flexibility index (Phi) is 4.86. The fourth-order valence-corrected chi connectivity index (χ4v) is 1.87. The monoisotopic (exact) mass is 288 g/mol. The normalized spacial score (nSPS) is 10.4. The van der Waals surface area contributed by atoms with Gasteiger partial charge in [0.25, 0.3) is 5.91 Å². The van der Waals surface area contributed by atoms with Crippen LogP contribution in [-0.4, -0.2) is 32.2 Å². The molecule has 0 spiro atoms. The molecule has 7 heteroatoms. The van der Waals surface area contributed by atoms with Crippen molar-refractivity contribution in [3.8, 4) is 0 Å². The molecule has 2 heterocycles. The largest absolute Gasteiger partial charge is 0.384 e. The molecule has 2 N–H and O–H groups in total. The minimum atomic E-state index is -0.187. The quantitative estimate of drug-likeness (QED) is 0.836. The summed E-state index contributed by atoms with van der Waals surface area (Å²) in [5.41, 5.74) is 2.21. The maximum Gasteiger partial charge on any atom is 0.255 e. The molecule has 0 aliphatic carbocycles. The van der Waals surface area contributed by atoms with Gasteiger partial charge in [0.2, 0.25) is 0 Å². The molecule has 0 aromatic carbocycles. The van der Waals surface area contributed by atoms with Gasteiger partial charge in [-0.1, -0.05) is 6.92 Å². The van der Waals surface area contributed by atoms with Crippen LogP contribution < -0.4 is 10.6 Å². The Bertz CT molecular complexity index is 622. The topological polar surface area (TPSA) is 84.7 Å². The molecule has 2 aromatic heterocycles. The molecule has 2 rings (SSSR count). The Morgan fingerprint density at radius 1 is 1.38 bits per heavy atom. The first-order chi connectivity index (χ1) is 10.1. The van der Waals surface area contributed by atoms with E-state index in [4.69, 9.17) is 0 Å². The number of aryl methyl sites for hydroxylation is 2. The molecule has 0 fully saturated rings.